The van der Waals surface area contributed by atoms with Crippen LogP contribution in [0.3, 0.4) is 0 Å². The molecule has 0 atom stereocenters. The van der Waals surface area contributed by atoms with Crippen molar-refractivity contribution in [1.82, 2.24) is 15.3 Å². The van der Waals surface area contributed by atoms with Crippen LogP contribution in [0.2, 0.25) is 0 Å². The fourth-order valence-corrected chi connectivity index (χ4v) is 3.58. The van der Waals surface area contributed by atoms with Crippen LogP contribution in [0.1, 0.15) is 10.4 Å². The number of carbonyl (C=O) groups is 1. The number of fused-ring (bicyclic) bond motifs is 1. The van der Waals surface area contributed by atoms with Crippen LogP contribution in [0.5, 0.6) is 17.2 Å². The average molecular weight is 429 g/mol. The van der Waals surface area contributed by atoms with Crippen molar-refractivity contribution in [2.75, 3.05) is 28.4 Å². The fraction of sp³-hybridized carbons (Fsp3) is 0.160. The molecule has 0 fully saturated rings. The molecule has 32 heavy (non-hydrogen) atoms. The topological polar surface area (TPSA) is 82.6 Å². The summed E-state index contributed by atoms with van der Waals surface area (Å²) in [4.78, 5) is 21.4. The normalized spacial score (nSPS) is 10.6. The summed E-state index contributed by atoms with van der Waals surface area (Å²) in [5.74, 6) is 1.48. The highest BCUT2D eigenvalue weighted by Gasteiger charge is 2.16. The molecule has 0 saturated heterocycles. The summed E-state index contributed by atoms with van der Waals surface area (Å²) in [5.41, 5.74) is 5.46. The number of hydrogen-bond acceptors (Lipinski definition) is 6. The number of para-hydroxylation sites is 1. The molecule has 1 aromatic heterocycles. The molecule has 0 radical (unpaired) electrons. The quantitative estimate of drug-likeness (QED) is 0.491. The van der Waals surface area contributed by atoms with E-state index in [9.17, 15) is 4.79 Å². The molecule has 0 unspecified atom stereocenters. The Balaban J connectivity index is 1.84. The number of hydrogen-bond donors (Lipinski definition) is 1. The number of rotatable bonds is 6. The van der Waals surface area contributed by atoms with Crippen LogP contribution >= 0.6 is 0 Å². The van der Waals surface area contributed by atoms with E-state index in [-0.39, 0.29) is 5.91 Å². The van der Waals surface area contributed by atoms with Crippen molar-refractivity contribution < 1.29 is 19.0 Å². The lowest BCUT2D eigenvalue weighted by atomic mass is 10.0. The zero-order chi connectivity index (χ0) is 22.7. The molecule has 1 amide bonds. The van der Waals surface area contributed by atoms with E-state index in [0.717, 1.165) is 27.7 Å². The molecule has 7 heteroatoms. The molecule has 1 N–H and O–H groups in total. The molecule has 4 aromatic rings. The molecule has 4 rings (SSSR count). The van der Waals surface area contributed by atoms with Crippen LogP contribution in [0, 0.1) is 0 Å². The number of amides is 1. The van der Waals surface area contributed by atoms with Crippen LogP contribution in [-0.2, 0) is 0 Å². The molecule has 7 nitrogen and oxygen atoms in total. The third kappa shape index (κ3) is 3.80. The Labute approximate surface area is 186 Å². The standard InChI is InChI=1S/C25H23N3O4/c1-26-25(29)16-10-8-15(9-11-16)18-6-5-7-19-23(18)28-20(14-27-19)17-12-21(30-2)24(32-4)22(13-17)31-3/h5-14H,1-4H3,(H,26,29). The van der Waals surface area contributed by atoms with E-state index >= 15 is 0 Å². The third-order valence-corrected chi connectivity index (χ3v) is 5.22. The smallest absolute Gasteiger partial charge is 0.251 e. The summed E-state index contributed by atoms with van der Waals surface area (Å²) < 4.78 is 16.4. The van der Waals surface area contributed by atoms with Crippen LogP contribution in [0.25, 0.3) is 33.4 Å². The first-order chi connectivity index (χ1) is 15.6. The second kappa shape index (κ2) is 8.93. The number of methoxy groups -OCH3 is 3. The monoisotopic (exact) mass is 429 g/mol. The van der Waals surface area contributed by atoms with Crippen molar-refractivity contribution in [1.29, 1.82) is 0 Å². The van der Waals surface area contributed by atoms with Crippen molar-refractivity contribution in [2.24, 2.45) is 0 Å². The first kappa shape index (κ1) is 21.1. The molecule has 0 spiro atoms. The Morgan fingerprint density at radius 1 is 0.875 bits per heavy atom. The molecule has 1 heterocycles. The highest BCUT2D eigenvalue weighted by atomic mass is 16.5. The molecular weight excluding hydrogens is 406 g/mol. The highest BCUT2D eigenvalue weighted by Crippen LogP contribution is 2.41. The number of carbonyl (C=O) groups excluding carboxylic acids is 1. The van der Waals surface area contributed by atoms with Gasteiger partial charge in [-0.1, -0.05) is 24.3 Å². The van der Waals surface area contributed by atoms with Crippen LogP contribution in [0.15, 0.2) is 60.8 Å². The van der Waals surface area contributed by atoms with Gasteiger partial charge in [0.05, 0.1) is 44.3 Å². The van der Waals surface area contributed by atoms with E-state index in [1.807, 2.05) is 42.5 Å². The molecule has 0 bridgehead atoms. The third-order valence-electron chi connectivity index (χ3n) is 5.22. The Hall–Kier alpha value is -4.13. The lowest BCUT2D eigenvalue weighted by molar-refractivity contribution is 0.0963. The number of benzene rings is 3. The first-order valence-electron chi connectivity index (χ1n) is 9.98. The Bertz CT molecular complexity index is 1260. The summed E-state index contributed by atoms with van der Waals surface area (Å²) in [6.07, 6.45) is 1.72. The van der Waals surface area contributed by atoms with Gasteiger partial charge in [-0.15, -0.1) is 0 Å². The van der Waals surface area contributed by atoms with Gasteiger partial charge in [0.2, 0.25) is 5.75 Å². The van der Waals surface area contributed by atoms with Gasteiger partial charge >= 0.3 is 0 Å². The van der Waals surface area contributed by atoms with E-state index in [4.69, 9.17) is 19.2 Å². The molecule has 0 aliphatic carbocycles. The maximum atomic E-state index is 11.9. The SMILES string of the molecule is CNC(=O)c1ccc(-c2cccc3ncc(-c4cc(OC)c(OC)c(OC)c4)nc23)cc1. The first-order valence-corrected chi connectivity index (χ1v) is 9.98. The second-order valence-electron chi connectivity index (χ2n) is 7.00. The predicted molar refractivity (Wildman–Crippen MR) is 123 cm³/mol. The van der Waals surface area contributed by atoms with E-state index in [2.05, 4.69) is 10.3 Å². The zero-order valence-electron chi connectivity index (χ0n) is 18.3. The summed E-state index contributed by atoms with van der Waals surface area (Å²) in [6, 6.07) is 17.0. The molecular formula is C25H23N3O4. The minimum Gasteiger partial charge on any atom is -0.493 e. The number of aromatic nitrogens is 2. The van der Waals surface area contributed by atoms with Crippen LogP contribution in [-0.4, -0.2) is 44.3 Å². The number of ether oxygens (including phenoxy) is 3. The van der Waals surface area contributed by atoms with Gasteiger partial charge in [-0.05, 0) is 35.9 Å². The fourth-order valence-electron chi connectivity index (χ4n) is 3.58. The minimum absolute atomic E-state index is 0.126. The second-order valence-corrected chi connectivity index (χ2v) is 7.00. The number of nitrogens with zero attached hydrogens (tertiary/aromatic N) is 2. The van der Waals surface area contributed by atoms with Gasteiger partial charge in [-0.25, -0.2) is 4.98 Å². The van der Waals surface area contributed by atoms with Gasteiger partial charge in [0.25, 0.3) is 5.91 Å². The van der Waals surface area contributed by atoms with Gasteiger partial charge < -0.3 is 19.5 Å². The lowest BCUT2D eigenvalue weighted by Gasteiger charge is -2.14. The highest BCUT2D eigenvalue weighted by molar-refractivity contribution is 5.96. The van der Waals surface area contributed by atoms with E-state index in [0.29, 0.717) is 28.5 Å². The van der Waals surface area contributed by atoms with Crippen molar-refractivity contribution in [3.8, 4) is 39.6 Å². The van der Waals surface area contributed by atoms with Gasteiger partial charge in [0, 0.05) is 23.7 Å². The van der Waals surface area contributed by atoms with Crippen molar-refractivity contribution >= 4 is 16.9 Å². The Morgan fingerprint density at radius 2 is 1.56 bits per heavy atom. The van der Waals surface area contributed by atoms with Crippen molar-refractivity contribution in [2.45, 2.75) is 0 Å². The van der Waals surface area contributed by atoms with Gasteiger partial charge in [0.1, 0.15) is 0 Å². The maximum Gasteiger partial charge on any atom is 0.251 e. The van der Waals surface area contributed by atoms with Crippen molar-refractivity contribution in [3.63, 3.8) is 0 Å². The zero-order valence-corrected chi connectivity index (χ0v) is 18.3. The summed E-state index contributed by atoms with van der Waals surface area (Å²) in [5, 5.41) is 2.63. The summed E-state index contributed by atoms with van der Waals surface area (Å²) >= 11 is 0. The predicted octanol–water partition coefficient (Wildman–Crippen LogP) is 4.35. The van der Waals surface area contributed by atoms with Gasteiger partial charge in [-0.3, -0.25) is 9.78 Å². The maximum absolute atomic E-state index is 11.9. The molecule has 0 saturated carbocycles. The summed E-state index contributed by atoms with van der Waals surface area (Å²) in [7, 11) is 6.33. The van der Waals surface area contributed by atoms with E-state index in [1.54, 1.807) is 46.7 Å². The van der Waals surface area contributed by atoms with E-state index < -0.39 is 0 Å². The summed E-state index contributed by atoms with van der Waals surface area (Å²) in [6.45, 7) is 0. The van der Waals surface area contributed by atoms with Gasteiger partial charge in [-0.2, -0.15) is 0 Å². The molecule has 3 aromatic carbocycles. The Morgan fingerprint density at radius 3 is 2.16 bits per heavy atom. The lowest BCUT2D eigenvalue weighted by Crippen LogP contribution is -2.17. The van der Waals surface area contributed by atoms with Gasteiger partial charge in [0.15, 0.2) is 11.5 Å². The van der Waals surface area contributed by atoms with Crippen molar-refractivity contribution in [3.05, 3.63) is 66.4 Å². The molecule has 0 aliphatic heterocycles. The molecule has 162 valence electrons. The minimum atomic E-state index is -0.126. The van der Waals surface area contributed by atoms with Crippen LogP contribution in [0.4, 0.5) is 0 Å². The number of nitrogens with one attached hydrogen (secondary N) is 1. The van der Waals surface area contributed by atoms with E-state index in [1.165, 1.54) is 0 Å². The largest absolute Gasteiger partial charge is 0.493 e. The Kier molecular flexibility index (Phi) is 5.89. The molecule has 0 aliphatic rings. The average Bonchev–Trinajstić information content (AvgIpc) is 2.86. The van der Waals surface area contributed by atoms with Crippen LogP contribution < -0.4 is 19.5 Å².